The molecule has 0 aromatic carbocycles. The lowest BCUT2D eigenvalue weighted by Crippen LogP contribution is -2.49. The summed E-state index contributed by atoms with van der Waals surface area (Å²) in [6, 6.07) is 0. The zero-order valence-corrected chi connectivity index (χ0v) is 8.94. The molecule has 0 saturated carbocycles. The normalized spacial score (nSPS) is 17.6. The molecular formula is C10H16N2O3. The molecule has 1 heterocycles. The highest BCUT2D eigenvalue weighted by Crippen LogP contribution is 2.03. The SMILES string of the molecule is [CH]C(=O)CN1CCN(C(=O)OCC)CC1. The summed E-state index contributed by atoms with van der Waals surface area (Å²) in [7, 11) is 0. The molecule has 0 aromatic rings. The molecule has 1 fully saturated rings. The van der Waals surface area contributed by atoms with Crippen LogP contribution in [0.2, 0.25) is 0 Å². The standard InChI is InChI=1S/C10H16N2O3/c1-3-15-10(14)12-6-4-11(5-7-12)8-9(2)13/h2H,3-8H2,1H3. The number of piperazine rings is 1. The van der Waals surface area contributed by atoms with Crippen molar-refractivity contribution in [3.8, 4) is 0 Å². The van der Waals surface area contributed by atoms with Gasteiger partial charge in [0.2, 0.25) is 0 Å². The Balaban J connectivity index is 2.29. The Kier molecular flexibility index (Phi) is 4.55. The van der Waals surface area contributed by atoms with Gasteiger partial charge in [-0.2, -0.15) is 0 Å². The van der Waals surface area contributed by atoms with E-state index in [-0.39, 0.29) is 18.4 Å². The van der Waals surface area contributed by atoms with Gasteiger partial charge in [0, 0.05) is 33.1 Å². The summed E-state index contributed by atoms with van der Waals surface area (Å²) in [5, 5.41) is 0. The highest BCUT2D eigenvalue weighted by atomic mass is 16.6. The fourth-order valence-corrected chi connectivity index (χ4v) is 1.52. The maximum atomic E-state index is 11.3. The Bertz CT molecular complexity index is 235. The van der Waals surface area contributed by atoms with Crippen molar-refractivity contribution in [1.82, 2.24) is 9.80 Å². The fraction of sp³-hybridized carbons (Fsp3) is 0.700. The van der Waals surface area contributed by atoms with Crippen LogP contribution < -0.4 is 0 Å². The van der Waals surface area contributed by atoms with Crippen LogP contribution in [0.15, 0.2) is 0 Å². The smallest absolute Gasteiger partial charge is 0.409 e. The van der Waals surface area contributed by atoms with Crippen LogP contribution in [0, 0.1) is 6.92 Å². The van der Waals surface area contributed by atoms with Gasteiger partial charge in [-0.25, -0.2) is 4.79 Å². The largest absolute Gasteiger partial charge is 0.450 e. The van der Waals surface area contributed by atoms with Gasteiger partial charge in [-0.15, -0.1) is 0 Å². The van der Waals surface area contributed by atoms with E-state index in [0.29, 0.717) is 32.8 Å². The van der Waals surface area contributed by atoms with E-state index < -0.39 is 0 Å². The van der Waals surface area contributed by atoms with E-state index in [0.717, 1.165) is 0 Å². The highest BCUT2D eigenvalue weighted by Gasteiger charge is 2.22. The molecule has 0 spiro atoms. The summed E-state index contributed by atoms with van der Waals surface area (Å²) in [5.41, 5.74) is 0. The first kappa shape index (κ1) is 12.0. The number of Topliss-reactive ketones (excluding diaryl/α,β-unsaturated/α-hetero) is 1. The molecule has 1 aliphatic rings. The van der Waals surface area contributed by atoms with Gasteiger partial charge in [0.05, 0.1) is 13.2 Å². The quantitative estimate of drug-likeness (QED) is 0.663. The van der Waals surface area contributed by atoms with E-state index in [1.54, 1.807) is 11.8 Å². The van der Waals surface area contributed by atoms with Crippen LogP contribution in [0.3, 0.4) is 0 Å². The number of amides is 1. The summed E-state index contributed by atoms with van der Waals surface area (Å²) in [4.78, 5) is 25.5. The first-order valence-corrected chi connectivity index (χ1v) is 5.06. The molecule has 84 valence electrons. The first-order valence-electron chi connectivity index (χ1n) is 5.06. The minimum atomic E-state index is -0.334. The van der Waals surface area contributed by atoms with E-state index in [2.05, 4.69) is 0 Å². The molecule has 0 atom stereocenters. The van der Waals surface area contributed by atoms with Crippen LogP contribution >= 0.6 is 0 Å². The molecule has 5 heteroatoms. The third kappa shape index (κ3) is 3.87. The Morgan fingerprint density at radius 2 is 1.87 bits per heavy atom. The van der Waals surface area contributed by atoms with E-state index in [1.165, 1.54) is 0 Å². The lowest BCUT2D eigenvalue weighted by atomic mass is 10.3. The van der Waals surface area contributed by atoms with E-state index in [9.17, 15) is 9.59 Å². The lowest BCUT2D eigenvalue weighted by molar-refractivity contribution is -0.116. The van der Waals surface area contributed by atoms with Crippen LogP contribution in [0.5, 0.6) is 0 Å². The van der Waals surface area contributed by atoms with Gasteiger partial charge in [0.25, 0.3) is 0 Å². The van der Waals surface area contributed by atoms with Crippen LogP contribution in [0.1, 0.15) is 6.92 Å². The summed E-state index contributed by atoms with van der Waals surface area (Å²) in [6.07, 6.45) is -0.281. The molecule has 1 saturated heterocycles. The van der Waals surface area contributed by atoms with E-state index in [4.69, 9.17) is 11.7 Å². The minimum absolute atomic E-state index is 0.261. The third-order valence-corrected chi connectivity index (χ3v) is 2.28. The number of rotatable bonds is 3. The number of carbonyl (C=O) groups is 2. The maximum absolute atomic E-state index is 11.3. The van der Waals surface area contributed by atoms with Crippen molar-refractivity contribution < 1.29 is 14.3 Å². The monoisotopic (exact) mass is 212 g/mol. The molecule has 15 heavy (non-hydrogen) atoms. The van der Waals surface area contributed by atoms with E-state index in [1.807, 2.05) is 4.90 Å². The molecule has 0 unspecified atom stereocenters. The molecule has 5 nitrogen and oxygen atoms in total. The Morgan fingerprint density at radius 1 is 1.27 bits per heavy atom. The van der Waals surface area contributed by atoms with Crippen molar-refractivity contribution in [1.29, 1.82) is 0 Å². The zero-order chi connectivity index (χ0) is 11.3. The van der Waals surface area contributed by atoms with Crippen LogP contribution in [0.25, 0.3) is 0 Å². The summed E-state index contributed by atoms with van der Waals surface area (Å²) >= 11 is 0. The average Bonchev–Trinajstić information content (AvgIpc) is 2.18. The van der Waals surface area contributed by atoms with Crippen molar-refractivity contribution in [3.63, 3.8) is 0 Å². The number of hydrogen-bond acceptors (Lipinski definition) is 4. The maximum Gasteiger partial charge on any atom is 0.409 e. The molecule has 2 radical (unpaired) electrons. The van der Waals surface area contributed by atoms with Gasteiger partial charge in [-0.1, -0.05) is 0 Å². The topological polar surface area (TPSA) is 49.9 Å². The second-order valence-electron chi connectivity index (χ2n) is 3.43. The summed E-state index contributed by atoms with van der Waals surface area (Å²) in [6.45, 7) is 10.0. The molecule has 0 bridgehead atoms. The van der Waals surface area contributed by atoms with Gasteiger partial charge in [0.1, 0.15) is 0 Å². The van der Waals surface area contributed by atoms with Gasteiger partial charge >= 0.3 is 6.09 Å². The molecule has 1 amide bonds. The molecule has 0 aliphatic carbocycles. The van der Waals surface area contributed by atoms with Crippen molar-refractivity contribution in [3.05, 3.63) is 6.92 Å². The number of nitrogens with zero attached hydrogens (tertiary/aromatic N) is 2. The molecule has 1 rings (SSSR count). The van der Waals surface area contributed by atoms with Gasteiger partial charge < -0.3 is 9.64 Å². The fourth-order valence-electron chi connectivity index (χ4n) is 1.52. The van der Waals surface area contributed by atoms with Crippen LogP contribution in [0.4, 0.5) is 4.79 Å². The predicted octanol–water partition coefficient (Wildman–Crippen LogP) is 0.0407. The van der Waals surface area contributed by atoms with Crippen molar-refractivity contribution in [2.24, 2.45) is 0 Å². The van der Waals surface area contributed by atoms with Gasteiger partial charge in [0.15, 0.2) is 5.78 Å². The number of ketones is 1. The third-order valence-electron chi connectivity index (χ3n) is 2.28. The lowest BCUT2D eigenvalue weighted by Gasteiger charge is -2.33. The predicted molar refractivity (Wildman–Crippen MR) is 54.3 cm³/mol. The molecule has 0 aromatic heterocycles. The van der Waals surface area contributed by atoms with Crippen molar-refractivity contribution >= 4 is 11.9 Å². The summed E-state index contributed by atoms with van der Waals surface area (Å²) in [5.74, 6) is -0.334. The second-order valence-corrected chi connectivity index (χ2v) is 3.43. The molecule has 1 aliphatic heterocycles. The Labute approximate surface area is 90.0 Å². The summed E-state index contributed by atoms with van der Waals surface area (Å²) < 4.78 is 4.87. The van der Waals surface area contributed by atoms with E-state index >= 15 is 0 Å². The molecule has 0 N–H and O–H groups in total. The average molecular weight is 212 g/mol. The first-order chi connectivity index (χ1) is 7.13. The Morgan fingerprint density at radius 3 is 2.33 bits per heavy atom. The molecular weight excluding hydrogens is 196 g/mol. The van der Waals surface area contributed by atoms with Gasteiger partial charge in [-0.05, 0) is 6.92 Å². The number of hydrogen-bond donors (Lipinski definition) is 0. The number of ether oxygens (including phenoxy) is 1. The number of carbonyl (C=O) groups excluding carboxylic acids is 2. The Hall–Kier alpha value is -1.10. The zero-order valence-electron chi connectivity index (χ0n) is 8.94. The highest BCUT2D eigenvalue weighted by molar-refractivity contribution is 5.84. The minimum Gasteiger partial charge on any atom is -0.450 e. The van der Waals surface area contributed by atoms with Crippen LogP contribution in [-0.4, -0.2) is 61.0 Å². The van der Waals surface area contributed by atoms with Gasteiger partial charge in [-0.3, -0.25) is 9.69 Å². The second kappa shape index (κ2) is 5.70. The van der Waals surface area contributed by atoms with Crippen molar-refractivity contribution in [2.75, 3.05) is 39.3 Å². The van der Waals surface area contributed by atoms with Crippen LogP contribution in [-0.2, 0) is 9.53 Å². The van der Waals surface area contributed by atoms with Crippen molar-refractivity contribution in [2.45, 2.75) is 6.92 Å².